The van der Waals surface area contributed by atoms with Gasteiger partial charge in [-0.2, -0.15) is 0 Å². The van der Waals surface area contributed by atoms with Crippen LogP contribution >= 0.6 is 34.8 Å². The van der Waals surface area contributed by atoms with Crippen molar-refractivity contribution >= 4 is 57.5 Å². The fraction of sp³-hybridized carbons (Fsp3) is 0.467. The second kappa shape index (κ2) is 12.8. The predicted octanol–water partition coefficient (Wildman–Crippen LogP) is 6.02. The van der Waals surface area contributed by atoms with E-state index in [9.17, 15) is 9.59 Å². The Kier molecular flexibility index (Phi) is 9.40. The topological polar surface area (TPSA) is 85.7 Å². The number of aromatic amines is 1. The van der Waals surface area contributed by atoms with E-state index in [0.29, 0.717) is 11.6 Å². The van der Waals surface area contributed by atoms with Crippen molar-refractivity contribution in [2.75, 3.05) is 26.2 Å². The van der Waals surface area contributed by atoms with E-state index >= 15 is 0 Å². The monoisotopic (exact) mass is 603 g/mol. The molecule has 2 fully saturated rings. The fourth-order valence-corrected chi connectivity index (χ4v) is 6.92. The smallest absolute Gasteiger partial charge is 0.248 e. The van der Waals surface area contributed by atoms with E-state index in [1.807, 2.05) is 30.5 Å². The molecule has 2 aromatic carbocycles. The van der Waals surface area contributed by atoms with E-state index in [1.54, 1.807) is 12.1 Å². The SMILES string of the molecule is CC(=O)N(Cc1cc(Cl)c(Cl)c(Cl)c1)C(=O)C(C(N)c1c[nH]c2ccccc12)N1CCC(N2CCCCC2)CC1. The molecular weight excluding hydrogens is 569 g/mol. The molecule has 0 radical (unpaired) electrons. The minimum Gasteiger partial charge on any atom is -0.361 e. The Morgan fingerprint density at radius 2 is 1.68 bits per heavy atom. The predicted molar refractivity (Wildman–Crippen MR) is 162 cm³/mol. The highest BCUT2D eigenvalue weighted by Gasteiger charge is 2.40. The maximum Gasteiger partial charge on any atom is 0.248 e. The number of nitrogens with zero attached hydrogens (tertiary/aromatic N) is 3. The van der Waals surface area contributed by atoms with Gasteiger partial charge in [-0.15, -0.1) is 0 Å². The number of nitrogens with two attached hydrogens (primary N) is 1. The van der Waals surface area contributed by atoms with Crippen molar-refractivity contribution in [2.24, 2.45) is 5.73 Å². The van der Waals surface area contributed by atoms with Crippen molar-refractivity contribution in [1.82, 2.24) is 19.7 Å². The van der Waals surface area contributed by atoms with Crippen LogP contribution in [0.2, 0.25) is 15.1 Å². The average molecular weight is 605 g/mol. The van der Waals surface area contributed by atoms with Crippen molar-refractivity contribution in [3.05, 3.63) is 68.8 Å². The van der Waals surface area contributed by atoms with Crippen LogP contribution in [0, 0.1) is 0 Å². The number of likely N-dealkylation sites (tertiary alicyclic amines) is 2. The summed E-state index contributed by atoms with van der Waals surface area (Å²) in [6, 6.07) is 10.3. The Labute approximate surface area is 250 Å². The molecule has 0 spiro atoms. The minimum atomic E-state index is -0.719. The molecule has 214 valence electrons. The number of benzene rings is 2. The van der Waals surface area contributed by atoms with Gasteiger partial charge in [-0.05, 0) is 68.1 Å². The lowest BCUT2D eigenvalue weighted by Crippen LogP contribution is -2.58. The number of halogens is 3. The van der Waals surface area contributed by atoms with Gasteiger partial charge in [-0.3, -0.25) is 19.4 Å². The van der Waals surface area contributed by atoms with Crippen molar-refractivity contribution in [3.8, 4) is 0 Å². The number of H-pyrrole nitrogens is 1. The number of nitrogens with one attached hydrogen (secondary N) is 1. The molecule has 0 aliphatic carbocycles. The zero-order valence-corrected chi connectivity index (χ0v) is 25.0. The van der Waals surface area contributed by atoms with Crippen LogP contribution in [0.25, 0.3) is 10.9 Å². The number of aromatic nitrogens is 1. The van der Waals surface area contributed by atoms with Crippen LogP contribution in [0.5, 0.6) is 0 Å². The highest BCUT2D eigenvalue weighted by atomic mass is 35.5. The molecule has 10 heteroatoms. The first-order chi connectivity index (χ1) is 19.2. The summed E-state index contributed by atoms with van der Waals surface area (Å²) >= 11 is 18.6. The summed E-state index contributed by atoms with van der Waals surface area (Å²) in [5.41, 5.74) is 9.39. The molecular formula is C30H36Cl3N5O2. The molecule has 0 saturated carbocycles. The summed E-state index contributed by atoms with van der Waals surface area (Å²) in [5, 5.41) is 1.75. The number of hydrogen-bond donors (Lipinski definition) is 2. The average Bonchev–Trinajstić information content (AvgIpc) is 3.39. The minimum absolute atomic E-state index is 0.0200. The fourth-order valence-electron chi connectivity index (χ4n) is 6.28. The van der Waals surface area contributed by atoms with E-state index in [1.165, 1.54) is 31.1 Å². The number of para-hydroxylation sites is 1. The highest BCUT2D eigenvalue weighted by Crippen LogP contribution is 2.33. The number of hydrogen-bond acceptors (Lipinski definition) is 5. The first kappa shape index (κ1) is 29.4. The third kappa shape index (κ3) is 6.20. The first-order valence-electron chi connectivity index (χ1n) is 14.0. The van der Waals surface area contributed by atoms with Crippen molar-refractivity contribution in [2.45, 2.75) is 63.7 Å². The number of carbonyl (C=O) groups excluding carboxylic acids is 2. The number of imide groups is 1. The second-order valence-electron chi connectivity index (χ2n) is 10.9. The maximum absolute atomic E-state index is 14.4. The molecule has 2 atom stereocenters. The van der Waals surface area contributed by atoms with E-state index < -0.39 is 12.1 Å². The molecule has 2 aliphatic heterocycles. The lowest BCUT2D eigenvalue weighted by Gasteiger charge is -2.44. The van der Waals surface area contributed by atoms with Gasteiger partial charge in [-0.1, -0.05) is 59.4 Å². The number of fused-ring (bicyclic) bond motifs is 1. The lowest BCUT2D eigenvalue weighted by atomic mass is 9.93. The molecule has 3 N–H and O–H groups in total. The number of carbonyl (C=O) groups is 2. The van der Waals surface area contributed by atoms with Gasteiger partial charge in [0.1, 0.15) is 6.04 Å². The summed E-state index contributed by atoms with van der Waals surface area (Å²) in [5.74, 6) is -0.699. The van der Waals surface area contributed by atoms with Gasteiger partial charge in [-0.25, -0.2) is 0 Å². The Bertz CT molecular complexity index is 1340. The zero-order valence-electron chi connectivity index (χ0n) is 22.7. The summed E-state index contributed by atoms with van der Waals surface area (Å²) in [4.78, 5) is 36.6. The number of piperidine rings is 2. The third-order valence-corrected chi connectivity index (χ3v) is 9.60. The van der Waals surface area contributed by atoms with Crippen molar-refractivity contribution in [3.63, 3.8) is 0 Å². The summed E-state index contributed by atoms with van der Waals surface area (Å²) < 4.78 is 0. The third-order valence-electron chi connectivity index (χ3n) is 8.40. The standard InChI is InChI=1S/C30H36Cl3N5O2/c1-19(39)38(18-20-15-24(31)27(33)25(32)16-20)30(40)29(28(34)23-17-35-26-8-4-3-7-22(23)26)37-13-9-21(10-14-37)36-11-5-2-6-12-36/h3-4,7-8,15-17,21,28-29,35H,2,5-6,9-14,18,34H2,1H3. The molecule has 2 amide bonds. The maximum atomic E-state index is 14.4. The number of rotatable bonds is 7. The van der Waals surface area contributed by atoms with Crippen LogP contribution in [0.3, 0.4) is 0 Å². The lowest BCUT2D eigenvalue weighted by molar-refractivity contribution is -0.149. The van der Waals surface area contributed by atoms with Gasteiger partial charge < -0.3 is 15.6 Å². The van der Waals surface area contributed by atoms with Crippen LogP contribution < -0.4 is 5.73 Å². The van der Waals surface area contributed by atoms with Gasteiger partial charge in [0.2, 0.25) is 11.8 Å². The molecule has 2 unspecified atom stereocenters. The number of amides is 2. The van der Waals surface area contributed by atoms with Gasteiger partial charge in [0.25, 0.3) is 0 Å². The summed E-state index contributed by atoms with van der Waals surface area (Å²) in [6.07, 6.45) is 7.61. The second-order valence-corrected chi connectivity index (χ2v) is 12.1. The van der Waals surface area contributed by atoms with Crippen LogP contribution in [-0.2, 0) is 16.1 Å². The van der Waals surface area contributed by atoms with Crippen LogP contribution in [0.15, 0.2) is 42.6 Å². The largest absolute Gasteiger partial charge is 0.361 e. The van der Waals surface area contributed by atoms with E-state index in [0.717, 1.165) is 55.5 Å². The van der Waals surface area contributed by atoms with E-state index in [2.05, 4.69) is 14.8 Å². The highest BCUT2D eigenvalue weighted by molar-refractivity contribution is 6.48. The van der Waals surface area contributed by atoms with Crippen LogP contribution in [0.1, 0.15) is 56.2 Å². The Balaban J connectivity index is 1.44. The Hall–Kier alpha value is -2.13. The zero-order chi connectivity index (χ0) is 28.4. The molecule has 5 rings (SSSR count). The van der Waals surface area contributed by atoms with Gasteiger partial charge in [0.05, 0.1) is 27.7 Å². The van der Waals surface area contributed by atoms with Crippen LogP contribution in [-0.4, -0.2) is 69.8 Å². The molecule has 2 saturated heterocycles. The molecule has 3 aromatic rings. The van der Waals surface area contributed by atoms with E-state index in [4.69, 9.17) is 40.5 Å². The molecule has 1 aromatic heterocycles. The van der Waals surface area contributed by atoms with Crippen LogP contribution in [0.4, 0.5) is 0 Å². The van der Waals surface area contributed by atoms with Gasteiger partial charge in [0.15, 0.2) is 0 Å². The van der Waals surface area contributed by atoms with Crippen molar-refractivity contribution in [1.29, 1.82) is 0 Å². The Morgan fingerprint density at radius 1 is 1.02 bits per heavy atom. The van der Waals surface area contributed by atoms with Gasteiger partial charge in [0, 0.05) is 43.2 Å². The first-order valence-corrected chi connectivity index (χ1v) is 15.1. The quantitative estimate of drug-likeness (QED) is 0.322. The molecule has 0 bridgehead atoms. The van der Waals surface area contributed by atoms with Gasteiger partial charge >= 0.3 is 0 Å². The normalized spacial score (nSPS) is 19.0. The molecule has 2 aliphatic rings. The molecule has 3 heterocycles. The Morgan fingerprint density at radius 3 is 2.33 bits per heavy atom. The van der Waals surface area contributed by atoms with Crippen molar-refractivity contribution < 1.29 is 9.59 Å². The summed E-state index contributed by atoms with van der Waals surface area (Å²) in [6.45, 7) is 5.17. The summed E-state index contributed by atoms with van der Waals surface area (Å²) in [7, 11) is 0. The molecule has 40 heavy (non-hydrogen) atoms. The van der Waals surface area contributed by atoms with E-state index in [-0.39, 0.29) is 33.4 Å². The molecule has 7 nitrogen and oxygen atoms in total.